The van der Waals surface area contributed by atoms with Gasteiger partial charge in [0.2, 0.25) is 0 Å². The SMILES string of the molecule is CCCCC(CC)Cc1sc(CC(CC)CCCC)c2c1C(=O)c1c(-c3ccc(-c4cc5c(-c6cc(F)c(CC(C)C)s6)c6sc(C(C)(C)C)cc6c(-c6cc(F)c(CC(C)C)s6)c5s4)s3)sc(-c3ccc(C(C)(C)C)s3)c1C2=O. The Labute approximate surface area is 506 Å². The lowest BCUT2D eigenvalue weighted by Crippen LogP contribution is -2.22. The second-order valence-corrected chi connectivity index (χ2v) is 34.1. The molecule has 0 aliphatic heterocycles. The first-order chi connectivity index (χ1) is 38.0. The van der Waals surface area contributed by atoms with Crippen LogP contribution in [0.3, 0.4) is 0 Å². The highest BCUT2D eigenvalue weighted by molar-refractivity contribution is 7.31. The van der Waals surface area contributed by atoms with Crippen LogP contribution in [0.2, 0.25) is 0 Å². The molecule has 1 aliphatic carbocycles. The van der Waals surface area contributed by atoms with Crippen LogP contribution < -0.4 is 0 Å². The van der Waals surface area contributed by atoms with E-state index in [9.17, 15) is 0 Å². The summed E-state index contributed by atoms with van der Waals surface area (Å²) in [6.45, 7) is 31.0. The van der Waals surface area contributed by atoms with Gasteiger partial charge in [-0.2, -0.15) is 0 Å². The molecule has 0 spiro atoms. The summed E-state index contributed by atoms with van der Waals surface area (Å²) in [7, 11) is 0. The third kappa shape index (κ3) is 11.6. The standard InChI is InChI=1S/C68H78F2O2S8/c1-15-19-21-37(17-3)29-49-57-58(50(76-49)30-38(18-4)22-20-16-2)62(72)60-59(61(57)71)65(80-66(60)45-25-26-53(77-45)67(9,10)11)44-24-23-43(73-44)48-31-39-55(51-33-41(69)46(74-51)27-35(5)6)64-40(32-54(79-64)68(12,13)14)56(63(39)78-48)52-34-42(70)47(75-52)28-36(7)8/h23-26,31-38H,15-22,27-30H2,1-14H3. The molecule has 0 saturated heterocycles. The van der Waals surface area contributed by atoms with Crippen LogP contribution in [-0.4, -0.2) is 11.6 Å². The minimum absolute atomic E-state index is 0.00461. The van der Waals surface area contributed by atoms with Gasteiger partial charge >= 0.3 is 0 Å². The molecule has 9 aromatic rings. The second kappa shape index (κ2) is 23.9. The molecule has 10 rings (SSSR count). The zero-order valence-corrected chi connectivity index (χ0v) is 55.8. The summed E-state index contributed by atoms with van der Waals surface area (Å²) in [5.41, 5.74) is 4.37. The number of benzene rings is 1. The molecule has 8 heterocycles. The number of carbonyl (C=O) groups excluding carboxylic acids is 2. The molecule has 424 valence electrons. The van der Waals surface area contributed by atoms with Gasteiger partial charge in [0.1, 0.15) is 11.6 Å². The predicted molar refractivity (Wildman–Crippen MR) is 353 cm³/mol. The summed E-state index contributed by atoms with van der Waals surface area (Å²) in [5, 5.41) is 2.13. The van der Waals surface area contributed by atoms with Gasteiger partial charge in [0.25, 0.3) is 0 Å². The van der Waals surface area contributed by atoms with Gasteiger partial charge in [-0.15, -0.1) is 90.7 Å². The Morgan fingerprint density at radius 3 is 1.35 bits per heavy atom. The van der Waals surface area contributed by atoms with E-state index < -0.39 is 0 Å². The second-order valence-electron chi connectivity index (χ2n) is 25.4. The zero-order valence-electron chi connectivity index (χ0n) is 49.3. The largest absolute Gasteiger partial charge is 0.288 e. The Morgan fingerprint density at radius 1 is 0.425 bits per heavy atom. The molecule has 0 radical (unpaired) electrons. The van der Waals surface area contributed by atoms with Crippen LogP contribution in [0.15, 0.2) is 48.5 Å². The van der Waals surface area contributed by atoms with E-state index in [4.69, 9.17) is 0 Å². The van der Waals surface area contributed by atoms with E-state index in [1.165, 1.54) is 9.75 Å². The van der Waals surface area contributed by atoms with Crippen molar-refractivity contribution in [1.82, 2.24) is 0 Å². The smallest absolute Gasteiger partial charge is 0.197 e. The molecular weight excluding hydrogens is 1140 g/mol. The highest BCUT2D eigenvalue weighted by atomic mass is 32.1. The summed E-state index contributed by atoms with van der Waals surface area (Å²) >= 11 is 13.4. The minimum atomic E-state index is -0.158. The highest BCUT2D eigenvalue weighted by Crippen LogP contribution is 2.57. The average molecular weight is 1220 g/mol. The Balaban J connectivity index is 1.18. The van der Waals surface area contributed by atoms with Gasteiger partial charge in [-0.05, 0) is 109 Å². The molecule has 2 nitrogen and oxygen atoms in total. The lowest BCUT2D eigenvalue weighted by Gasteiger charge is -2.19. The fourth-order valence-corrected chi connectivity index (χ4v) is 22.0. The van der Waals surface area contributed by atoms with Crippen molar-refractivity contribution in [2.75, 3.05) is 0 Å². The van der Waals surface area contributed by atoms with Crippen LogP contribution in [0.5, 0.6) is 0 Å². The fourth-order valence-electron chi connectivity index (χ4n) is 11.5. The maximum Gasteiger partial charge on any atom is 0.197 e. The van der Waals surface area contributed by atoms with Crippen molar-refractivity contribution in [3.63, 3.8) is 0 Å². The van der Waals surface area contributed by atoms with Crippen LogP contribution in [0.25, 0.3) is 70.3 Å². The summed E-state index contributed by atoms with van der Waals surface area (Å²) in [6, 6.07) is 16.8. The van der Waals surface area contributed by atoms with E-state index >= 15 is 18.4 Å². The molecule has 0 saturated carbocycles. The summed E-state index contributed by atoms with van der Waals surface area (Å²) in [6.07, 6.45) is 11.9. The normalized spacial score (nSPS) is 14.0. The van der Waals surface area contributed by atoms with E-state index in [1.807, 2.05) is 0 Å². The summed E-state index contributed by atoms with van der Waals surface area (Å²) in [4.78, 5) is 45.8. The monoisotopic (exact) mass is 1220 g/mol. The number of ketones is 2. The van der Waals surface area contributed by atoms with Crippen molar-refractivity contribution in [2.45, 2.75) is 185 Å². The molecule has 0 amide bonds. The Bertz CT molecular complexity index is 3630. The van der Waals surface area contributed by atoms with Gasteiger partial charge < -0.3 is 0 Å². The lowest BCUT2D eigenvalue weighted by molar-refractivity contribution is 0.0980. The number of rotatable bonds is 21. The lowest BCUT2D eigenvalue weighted by atomic mass is 9.81. The molecule has 2 atom stereocenters. The first-order valence-electron chi connectivity index (χ1n) is 29.3. The number of hydrogen-bond acceptors (Lipinski definition) is 10. The average Bonchev–Trinajstić information content (AvgIpc) is 4.43. The first kappa shape index (κ1) is 59.7. The summed E-state index contributed by atoms with van der Waals surface area (Å²) < 4.78 is 34.5. The van der Waals surface area contributed by atoms with Crippen molar-refractivity contribution in [3.8, 4) is 50.1 Å². The van der Waals surface area contributed by atoms with E-state index in [-0.39, 0.29) is 34.0 Å². The van der Waals surface area contributed by atoms with E-state index in [0.717, 1.165) is 154 Å². The number of unbranched alkanes of at least 4 members (excludes halogenated alkanes) is 2. The van der Waals surface area contributed by atoms with Crippen molar-refractivity contribution in [3.05, 3.63) is 112 Å². The van der Waals surface area contributed by atoms with Gasteiger partial charge in [-0.25, -0.2) is 8.78 Å². The van der Waals surface area contributed by atoms with E-state index in [1.54, 1.807) is 103 Å². The first-order valence-corrected chi connectivity index (χ1v) is 35.8. The Hall–Kier alpha value is -3.46. The number of halogens is 2. The van der Waals surface area contributed by atoms with Crippen LogP contribution in [0.4, 0.5) is 8.78 Å². The number of hydrogen-bond donors (Lipinski definition) is 0. The Morgan fingerprint density at radius 2 is 0.887 bits per heavy atom. The fraction of sp³-hybridized carbons (Fsp3) is 0.471. The van der Waals surface area contributed by atoms with Crippen molar-refractivity contribution in [1.29, 1.82) is 0 Å². The zero-order chi connectivity index (χ0) is 57.3. The van der Waals surface area contributed by atoms with Gasteiger partial charge in [0.05, 0.1) is 20.9 Å². The Kier molecular flexibility index (Phi) is 17.8. The van der Waals surface area contributed by atoms with Crippen LogP contribution >= 0.6 is 90.7 Å². The van der Waals surface area contributed by atoms with E-state index in [0.29, 0.717) is 58.8 Å². The summed E-state index contributed by atoms with van der Waals surface area (Å²) in [5.74, 6) is 1.20. The number of carbonyl (C=O) groups is 2. The van der Waals surface area contributed by atoms with Crippen LogP contribution in [-0.2, 0) is 36.5 Å². The minimum Gasteiger partial charge on any atom is -0.288 e. The molecule has 1 aromatic carbocycles. The van der Waals surface area contributed by atoms with Crippen LogP contribution in [0.1, 0.15) is 209 Å². The van der Waals surface area contributed by atoms with Gasteiger partial charge in [0, 0.05) is 101 Å². The molecule has 8 aromatic heterocycles. The van der Waals surface area contributed by atoms with Crippen molar-refractivity contribution in [2.24, 2.45) is 23.7 Å². The molecule has 1 aliphatic rings. The third-order valence-electron chi connectivity index (χ3n) is 15.9. The maximum absolute atomic E-state index is 16.2. The number of thiophene rings is 8. The van der Waals surface area contributed by atoms with Gasteiger partial charge in [-0.3, -0.25) is 9.59 Å². The quantitative estimate of drug-likeness (QED) is 0.0718. The predicted octanol–water partition coefficient (Wildman–Crippen LogP) is 24.4. The van der Waals surface area contributed by atoms with Gasteiger partial charge in [-0.1, -0.05) is 148 Å². The molecule has 80 heavy (non-hydrogen) atoms. The molecular formula is C68H78F2O2S8. The molecule has 2 unspecified atom stereocenters. The molecule has 0 fully saturated rings. The van der Waals surface area contributed by atoms with Gasteiger partial charge in [0.15, 0.2) is 11.6 Å². The highest BCUT2D eigenvalue weighted by Gasteiger charge is 2.42. The maximum atomic E-state index is 16.2. The molecule has 0 N–H and O–H groups in total. The third-order valence-corrected chi connectivity index (χ3v) is 26.5. The molecule has 0 bridgehead atoms. The number of fused-ring (bicyclic) bond motifs is 4. The topological polar surface area (TPSA) is 34.1 Å². The van der Waals surface area contributed by atoms with E-state index in [2.05, 4.69) is 133 Å². The molecule has 12 heteroatoms. The van der Waals surface area contributed by atoms with Crippen molar-refractivity contribution >= 4 is 122 Å². The van der Waals surface area contributed by atoms with Crippen molar-refractivity contribution < 1.29 is 18.4 Å². The van der Waals surface area contributed by atoms with Crippen LogP contribution in [0, 0.1) is 35.3 Å².